The normalized spacial score (nSPS) is 12.7. The van der Waals surface area contributed by atoms with E-state index >= 15 is 0 Å². The second-order valence-corrected chi connectivity index (χ2v) is 3.54. The number of aliphatic carboxylic acids is 2. The van der Waals surface area contributed by atoms with Crippen molar-refractivity contribution in [3.63, 3.8) is 0 Å². The molecule has 3 N–H and O–H groups in total. The first-order valence-corrected chi connectivity index (χ1v) is 4.16. The van der Waals surface area contributed by atoms with Gasteiger partial charge < -0.3 is 10.2 Å². The number of carboxylic acid groups (broad SMARTS) is 2. The summed E-state index contributed by atoms with van der Waals surface area (Å²) < 4.78 is 28.7. The predicted molar refractivity (Wildman–Crippen MR) is 41.0 cm³/mol. The van der Waals surface area contributed by atoms with Crippen molar-refractivity contribution in [1.82, 2.24) is 0 Å². The van der Waals surface area contributed by atoms with Crippen LogP contribution in [0.4, 0.5) is 0 Å². The van der Waals surface area contributed by atoms with Gasteiger partial charge in [-0.25, -0.2) is 0 Å². The summed E-state index contributed by atoms with van der Waals surface area (Å²) in [6.07, 6.45) is -1.16. The van der Waals surface area contributed by atoms with Crippen molar-refractivity contribution in [3.05, 3.63) is 0 Å². The number of rotatable bonds is 4. The summed E-state index contributed by atoms with van der Waals surface area (Å²) in [5.74, 6) is -3.50. The van der Waals surface area contributed by atoms with Gasteiger partial charge in [0.25, 0.3) is 10.1 Å². The van der Waals surface area contributed by atoms with Crippen molar-refractivity contribution in [2.45, 2.75) is 11.7 Å². The third-order valence-corrected chi connectivity index (χ3v) is 2.08. The standard InChI is InChI=1S/C4H6O7S.Na/c5-3(6)1-2(4(7)8)12(9,10)11;/h2H,1H2,(H,5,6)(H,7,8)(H,9,10,11);. The second kappa shape index (κ2) is 5.55. The van der Waals surface area contributed by atoms with E-state index in [-0.39, 0.29) is 29.6 Å². The molecule has 0 aromatic carbocycles. The molecule has 0 saturated heterocycles. The number of carbonyl (C=O) groups is 2. The van der Waals surface area contributed by atoms with Crippen molar-refractivity contribution in [2.24, 2.45) is 0 Å². The fourth-order valence-corrected chi connectivity index (χ4v) is 1.09. The summed E-state index contributed by atoms with van der Waals surface area (Å²) in [7, 11) is -4.84. The fraction of sp³-hybridized carbons (Fsp3) is 0.500. The molecule has 0 rings (SSSR count). The average molecular weight is 221 g/mol. The van der Waals surface area contributed by atoms with Gasteiger partial charge in [-0.3, -0.25) is 14.1 Å². The molecule has 0 aromatic heterocycles. The van der Waals surface area contributed by atoms with Crippen LogP contribution in [0.25, 0.3) is 0 Å². The Balaban J connectivity index is 0. The molecular weight excluding hydrogens is 215 g/mol. The van der Waals surface area contributed by atoms with Crippen molar-refractivity contribution >= 4 is 51.6 Å². The molecule has 0 saturated carbocycles. The van der Waals surface area contributed by atoms with E-state index in [1.54, 1.807) is 0 Å². The van der Waals surface area contributed by atoms with Crippen LogP contribution in [-0.2, 0) is 19.7 Å². The number of hydrogen-bond acceptors (Lipinski definition) is 4. The zero-order valence-corrected chi connectivity index (χ0v) is 9.48. The summed E-state index contributed by atoms with van der Waals surface area (Å²) in [6, 6.07) is 0. The molecule has 0 aliphatic carbocycles. The molecule has 0 bridgehead atoms. The van der Waals surface area contributed by atoms with Crippen LogP contribution in [0.15, 0.2) is 0 Å². The average Bonchev–Trinajstić information content (AvgIpc) is 1.79. The van der Waals surface area contributed by atoms with Gasteiger partial charge in [-0.05, 0) is 0 Å². The van der Waals surface area contributed by atoms with Crippen molar-refractivity contribution in [3.8, 4) is 0 Å². The van der Waals surface area contributed by atoms with Crippen LogP contribution in [0.2, 0.25) is 0 Å². The summed E-state index contributed by atoms with van der Waals surface area (Å²) in [6.45, 7) is 0. The summed E-state index contributed by atoms with van der Waals surface area (Å²) in [5, 5.41) is 13.9. The number of carboxylic acids is 2. The quantitative estimate of drug-likeness (QED) is 0.386. The largest absolute Gasteiger partial charge is 0.481 e. The summed E-state index contributed by atoms with van der Waals surface area (Å²) in [4.78, 5) is 20.0. The van der Waals surface area contributed by atoms with E-state index in [0.717, 1.165) is 0 Å². The van der Waals surface area contributed by atoms with Crippen LogP contribution in [0.5, 0.6) is 0 Å². The van der Waals surface area contributed by atoms with Crippen LogP contribution in [0.1, 0.15) is 6.42 Å². The van der Waals surface area contributed by atoms with E-state index in [0.29, 0.717) is 0 Å². The maximum atomic E-state index is 10.2. The molecule has 0 amide bonds. The maximum Gasteiger partial charge on any atom is 0.325 e. The molecule has 13 heavy (non-hydrogen) atoms. The Labute approximate surface area is 95.8 Å². The van der Waals surface area contributed by atoms with E-state index in [9.17, 15) is 18.0 Å². The Morgan fingerprint density at radius 2 is 1.62 bits per heavy atom. The molecule has 0 spiro atoms. The van der Waals surface area contributed by atoms with E-state index < -0.39 is 33.7 Å². The molecule has 71 valence electrons. The smallest absolute Gasteiger partial charge is 0.325 e. The molecule has 7 nitrogen and oxygen atoms in total. The minimum Gasteiger partial charge on any atom is -0.481 e. The van der Waals surface area contributed by atoms with E-state index in [1.807, 2.05) is 0 Å². The molecule has 1 radical (unpaired) electrons. The fourth-order valence-electron chi connectivity index (χ4n) is 0.479. The Hall–Kier alpha value is -0.150. The van der Waals surface area contributed by atoms with Gasteiger partial charge in [-0.2, -0.15) is 8.42 Å². The molecule has 0 aliphatic rings. The Kier molecular flexibility index (Phi) is 6.55. The van der Waals surface area contributed by atoms with Crippen LogP contribution in [-0.4, -0.2) is 69.9 Å². The van der Waals surface area contributed by atoms with E-state index in [1.165, 1.54) is 0 Å². The van der Waals surface area contributed by atoms with Gasteiger partial charge in [0.15, 0.2) is 5.25 Å². The van der Waals surface area contributed by atoms with E-state index in [2.05, 4.69) is 0 Å². The van der Waals surface area contributed by atoms with Gasteiger partial charge in [0.2, 0.25) is 0 Å². The van der Waals surface area contributed by atoms with Gasteiger partial charge in [0.1, 0.15) is 0 Å². The van der Waals surface area contributed by atoms with E-state index in [4.69, 9.17) is 14.8 Å². The topological polar surface area (TPSA) is 129 Å². The van der Waals surface area contributed by atoms with Gasteiger partial charge in [-0.1, -0.05) is 0 Å². The zero-order valence-electron chi connectivity index (χ0n) is 6.67. The molecule has 0 aromatic rings. The third kappa shape index (κ3) is 5.99. The molecule has 9 heteroatoms. The predicted octanol–water partition coefficient (Wildman–Crippen LogP) is -1.58. The molecule has 0 aliphatic heterocycles. The maximum absolute atomic E-state index is 10.2. The van der Waals surface area contributed by atoms with Crippen LogP contribution < -0.4 is 0 Å². The van der Waals surface area contributed by atoms with Gasteiger partial charge in [-0.15, -0.1) is 0 Å². The molecule has 1 atom stereocenters. The monoisotopic (exact) mass is 221 g/mol. The van der Waals surface area contributed by atoms with Gasteiger partial charge >= 0.3 is 11.9 Å². The first-order valence-electron chi connectivity index (χ1n) is 2.66. The summed E-state index contributed by atoms with van der Waals surface area (Å²) in [5.41, 5.74) is 0. The minimum atomic E-state index is -4.84. The SMILES string of the molecule is O=C(O)CC(C(=O)O)S(=O)(=O)O.[Na]. The first kappa shape index (κ1) is 15.3. The van der Waals surface area contributed by atoms with Crippen molar-refractivity contribution in [1.29, 1.82) is 0 Å². The third-order valence-electron chi connectivity index (χ3n) is 0.995. The molecule has 1 unspecified atom stereocenters. The minimum absolute atomic E-state index is 0. The Bertz CT molecular complexity index is 294. The summed E-state index contributed by atoms with van der Waals surface area (Å²) >= 11 is 0. The molecule has 0 fully saturated rings. The van der Waals surface area contributed by atoms with Crippen LogP contribution in [0.3, 0.4) is 0 Å². The molecule has 0 heterocycles. The number of hydrogen-bond donors (Lipinski definition) is 3. The van der Waals surface area contributed by atoms with Crippen LogP contribution in [0, 0.1) is 0 Å². The zero-order chi connectivity index (χ0) is 9.94. The van der Waals surface area contributed by atoms with Crippen molar-refractivity contribution in [2.75, 3.05) is 0 Å². The van der Waals surface area contributed by atoms with Crippen LogP contribution >= 0.6 is 0 Å². The van der Waals surface area contributed by atoms with Gasteiger partial charge in [0, 0.05) is 29.6 Å². The van der Waals surface area contributed by atoms with Gasteiger partial charge in [0.05, 0.1) is 6.42 Å². The second-order valence-electron chi connectivity index (χ2n) is 1.94. The first-order chi connectivity index (χ1) is 5.25. The van der Waals surface area contributed by atoms with Crippen molar-refractivity contribution < 1.29 is 32.8 Å². The Morgan fingerprint density at radius 3 is 1.69 bits per heavy atom. The molecular formula is C4H6NaO7S. The Morgan fingerprint density at radius 1 is 1.23 bits per heavy atom.